The molecule has 0 saturated heterocycles. The minimum absolute atomic E-state index is 0.150. The van der Waals surface area contributed by atoms with Crippen molar-refractivity contribution in [1.29, 1.82) is 5.26 Å². The molecule has 0 fully saturated rings. The molecule has 0 aromatic heterocycles. The van der Waals surface area contributed by atoms with E-state index in [0.29, 0.717) is 12.4 Å². The van der Waals surface area contributed by atoms with Gasteiger partial charge in [0.25, 0.3) is 0 Å². The number of amides is 1. The number of nitrogens with zero attached hydrogens (tertiary/aromatic N) is 2. The topological polar surface area (TPSA) is 53.3 Å². The lowest BCUT2D eigenvalue weighted by Gasteiger charge is -2.23. The molecule has 1 atom stereocenters. The molecule has 0 N–H and O–H groups in total. The summed E-state index contributed by atoms with van der Waals surface area (Å²) in [6, 6.07) is 8.79. The molecule has 0 aliphatic rings. The van der Waals surface area contributed by atoms with E-state index < -0.39 is 6.04 Å². The van der Waals surface area contributed by atoms with Gasteiger partial charge < -0.3 is 9.64 Å². The Morgan fingerprint density at radius 3 is 2.71 bits per heavy atom. The first-order chi connectivity index (χ1) is 8.11. The standard InChI is InChI=1S/C13H16N2O2/c1-4-17-13-8-6-5-7-11(13)12(9-14)15(3)10(2)16/h5-8,12H,4H2,1-3H3. The van der Waals surface area contributed by atoms with E-state index in [1.54, 1.807) is 19.2 Å². The summed E-state index contributed by atoms with van der Waals surface area (Å²) in [4.78, 5) is 12.7. The van der Waals surface area contributed by atoms with E-state index in [0.717, 1.165) is 5.56 Å². The zero-order valence-corrected chi connectivity index (χ0v) is 10.3. The van der Waals surface area contributed by atoms with E-state index in [-0.39, 0.29) is 5.91 Å². The average Bonchev–Trinajstić information content (AvgIpc) is 2.32. The lowest BCUT2D eigenvalue weighted by Crippen LogP contribution is -2.28. The molecular weight excluding hydrogens is 216 g/mol. The van der Waals surface area contributed by atoms with E-state index >= 15 is 0 Å². The SMILES string of the molecule is CCOc1ccccc1C(C#N)N(C)C(C)=O. The van der Waals surface area contributed by atoms with Gasteiger partial charge in [0, 0.05) is 19.5 Å². The first-order valence-electron chi connectivity index (χ1n) is 5.46. The fraction of sp³-hybridized carbons (Fsp3) is 0.385. The summed E-state index contributed by atoms with van der Waals surface area (Å²) in [5.41, 5.74) is 0.717. The maximum atomic E-state index is 11.3. The molecule has 1 unspecified atom stereocenters. The molecule has 0 saturated carbocycles. The van der Waals surface area contributed by atoms with E-state index in [1.165, 1.54) is 11.8 Å². The van der Waals surface area contributed by atoms with Gasteiger partial charge in [-0.3, -0.25) is 4.79 Å². The van der Waals surface area contributed by atoms with E-state index in [1.807, 2.05) is 19.1 Å². The lowest BCUT2D eigenvalue weighted by atomic mass is 10.1. The molecular formula is C13H16N2O2. The van der Waals surface area contributed by atoms with E-state index in [2.05, 4.69) is 6.07 Å². The fourth-order valence-electron chi connectivity index (χ4n) is 1.54. The second-order valence-electron chi connectivity index (χ2n) is 3.63. The Hall–Kier alpha value is -2.02. The maximum absolute atomic E-state index is 11.3. The van der Waals surface area contributed by atoms with Gasteiger partial charge in [0.1, 0.15) is 11.8 Å². The molecule has 1 amide bonds. The Balaban J connectivity index is 3.12. The predicted octanol–water partition coefficient (Wildman–Crippen LogP) is 2.13. The van der Waals surface area contributed by atoms with Gasteiger partial charge in [0.05, 0.1) is 12.7 Å². The number of hydrogen-bond acceptors (Lipinski definition) is 3. The van der Waals surface area contributed by atoms with Crippen LogP contribution in [-0.2, 0) is 4.79 Å². The number of carbonyl (C=O) groups is 1. The van der Waals surface area contributed by atoms with Gasteiger partial charge in [-0.2, -0.15) is 5.26 Å². The number of nitriles is 1. The molecule has 0 bridgehead atoms. The summed E-state index contributed by atoms with van der Waals surface area (Å²) in [5, 5.41) is 9.19. The Kier molecular flexibility index (Phi) is 4.53. The monoisotopic (exact) mass is 232 g/mol. The number of ether oxygens (including phenoxy) is 1. The van der Waals surface area contributed by atoms with Crippen LogP contribution in [0.15, 0.2) is 24.3 Å². The Morgan fingerprint density at radius 2 is 2.18 bits per heavy atom. The van der Waals surface area contributed by atoms with Crippen molar-refractivity contribution in [1.82, 2.24) is 4.90 Å². The summed E-state index contributed by atoms with van der Waals surface area (Å²) < 4.78 is 5.46. The lowest BCUT2D eigenvalue weighted by molar-refractivity contribution is -0.128. The van der Waals surface area contributed by atoms with E-state index in [9.17, 15) is 10.1 Å². The van der Waals surface area contributed by atoms with Crippen molar-refractivity contribution in [2.75, 3.05) is 13.7 Å². The van der Waals surface area contributed by atoms with Crippen LogP contribution >= 0.6 is 0 Å². The summed E-state index contributed by atoms with van der Waals surface area (Å²) in [7, 11) is 1.61. The van der Waals surface area contributed by atoms with Crippen LogP contribution in [0.4, 0.5) is 0 Å². The molecule has 1 rings (SSSR count). The first-order valence-corrected chi connectivity index (χ1v) is 5.46. The van der Waals surface area contributed by atoms with Crippen LogP contribution in [0.25, 0.3) is 0 Å². The molecule has 4 nitrogen and oxygen atoms in total. The highest BCUT2D eigenvalue weighted by atomic mass is 16.5. The van der Waals surface area contributed by atoms with Crippen LogP contribution in [0.2, 0.25) is 0 Å². The zero-order valence-electron chi connectivity index (χ0n) is 10.3. The van der Waals surface area contributed by atoms with Crippen LogP contribution < -0.4 is 4.74 Å². The molecule has 1 aromatic carbocycles. The summed E-state index contributed by atoms with van der Waals surface area (Å²) >= 11 is 0. The first kappa shape index (κ1) is 13.0. The van der Waals surface area contributed by atoms with E-state index in [4.69, 9.17) is 4.74 Å². The van der Waals surface area contributed by atoms with Crippen LogP contribution in [0, 0.1) is 11.3 Å². The van der Waals surface area contributed by atoms with Crippen LogP contribution in [0.1, 0.15) is 25.5 Å². The van der Waals surface area contributed by atoms with Gasteiger partial charge in [-0.25, -0.2) is 0 Å². The summed E-state index contributed by atoms with van der Waals surface area (Å²) in [5.74, 6) is 0.498. The number of hydrogen-bond donors (Lipinski definition) is 0. The van der Waals surface area contributed by atoms with Crippen molar-refractivity contribution in [3.8, 4) is 11.8 Å². The molecule has 0 radical (unpaired) electrons. The molecule has 4 heteroatoms. The Morgan fingerprint density at radius 1 is 1.53 bits per heavy atom. The van der Waals surface area contributed by atoms with Crippen molar-refractivity contribution in [3.05, 3.63) is 29.8 Å². The highest BCUT2D eigenvalue weighted by molar-refractivity contribution is 5.74. The van der Waals surface area contributed by atoms with Crippen LogP contribution in [-0.4, -0.2) is 24.5 Å². The smallest absolute Gasteiger partial charge is 0.220 e. The third-order valence-electron chi connectivity index (χ3n) is 2.52. The number of para-hydroxylation sites is 1. The second kappa shape index (κ2) is 5.90. The maximum Gasteiger partial charge on any atom is 0.220 e. The number of benzene rings is 1. The zero-order chi connectivity index (χ0) is 12.8. The largest absolute Gasteiger partial charge is 0.493 e. The van der Waals surface area contributed by atoms with Gasteiger partial charge in [-0.05, 0) is 13.0 Å². The highest BCUT2D eigenvalue weighted by Gasteiger charge is 2.21. The van der Waals surface area contributed by atoms with Crippen molar-refractivity contribution in [2.45, 2.75) is 19.9 Å². The van der Waals surface area contributed by atoms with Gasteiger partial charge in [0.15, 0.2) is 0 Å². The van der Waals surface area contributed by atoms with Crippen LogP contribution in [0.5, 0.6) is 5.75 Å². The van der Waals surface area contributed by atoms with Gasteiger partial charge in [0.2, 0.25) is 5.91 Å². The molecule has 90 valence electrons. The van der Waals surface area contributed by atoms with Crippen molar-refractivity contribution >= 4 is 5.91 Å². The van der Waals surface area contributed by atoms with Crippen LogP contribution in [0.3, 0.4) is 0 Å². The highest BCUT2D eigenvalue weighted by Crippen LogP contribution is 2.28. The fourth-order valence-corrected chi connectivity index (χ4v) is 1.54. The van der Waals surface area contributed by atoms with Gasteiger partial charge >= 0.3 is 0 Å². The third kappa shape index (κ3) is 2.97. The van der Waals surface area contributed by atoms with Crippen molar-refractivity contribution < 1.29 is 9.53 Å². The Labute approximate surface area is 101 Å². The summed E-state index contributed by atoms with van der Waals surface area (Å²) in [6.45, 7) is 3.85. The Bertz CT molecular complexity index is 437. The minimum Gasteiger partial charge on any atom is -0.493 e. The van der Waals surface area contributed by atoms with Crippen molar-refractivity contribution in [3.63, 3.8) is 0 Å². The van der Waals surface area contributed by atoms with Gasteiger partial charge in [-0.15, -0.1) is 0 Å². The third-order valence-corrected chi connectivity index (χ3v) is 2.52. The number of carbonyl (C=O) groups excluding carboxylic acids is 1. The molecule has 0 aliphatic heterocycles. The van der Waals surface area contributed by atoms with Gasteiger partial charge in [-0.1, -0.05) is 18.2 Å². The predicted molar refractivity (Wildman–Crippen MR) is 64.4 cm³/mol. The number of rotatable bonds is 4. The summed E-state index contributed by atoms with van der Waals surface area (Å²) in [6.07, 6.45) is 0. The molecule has 1 aromatic rings. The average molecular weight is 232 g/mol. The molecule has 0 heterocycles. The molecule has 0 aliphatic carbocycles. The molecule has 17 heavy (non-hydrogen) atoms. The molecule has 0 spiro atoms. The quantitative estimate of drug-likeness (QED) is 0.799. The van der Waals surface area contributed by atoms with Crippen molar-refractivity contribution in [2.24, 2.45) is 0 Å². The second-order valence-corrected chi connectivity index (χ2v) is 3.63. The normalized spacial score (nSPS) is 11.4. The minimum atomic E-state index is -0.616.